The maximum Gasteiger partial charge on any atom is 0.0240 e. The molecule has 1 aliphatic heterocycles. The number of nitrogens with two attached hydrogens (primary N) is 1. The Balaban J connectivity index is 2.94. The lowest BCUT2D eigenvalue weighted by Gasteiger charge is -2.43. The minimum atomic E-state index is -0.914. The second-order valence-corrected chi connectivity index (χ2v) is 7.61. The molecule has 0 aromatic heterocycles. The zero-order chi connectivity index (χ0) is 7.99. The van der Waals surface area contributed by atoms with Gasteiger partial charge in [0.2, 0.25) is 0 Å². The minimum Gasteiger partial charge on any atom is -0.293 e. The molecule has 2 N–H and O–H groups in total. The zero-order valence-corrected chi connectivity index (χ0v) is 8.03. The van der Waals surface area contributed by atoms with Crippen LogP contribution < -0.4 is 5.14 Å². The molecule has 1 rings (SSSR count). The van der Waals surface area contributed by atoms with Crippen molar-refractivity contribution in [2.45, 2.75) is 30.8 Å². The Hall–Kier alpha value is 0.0500. The molecule has 0 fully saturated rings. The first-order valence-electron chi connectivity index (χ1n) is 3.62. The summed E-state index contributed by atoms with van der Waals surface area (Å²) >= 11 is 0. The smallest absolute Gasteiger partial charge is 0.0240 e. The summed E-state index contributed by atoms with van der Waals surface area (Å²) in [7, 11) is -0.914. The highest BCUT2D eigenvalue weighted by Crippen LogP contribution is 2.58. The summed E-state index contributed by atoms with van der Waals surface area (Å²) in [6.45, 7) is 6.66. The summed E-state index contributed by atoms with van der Waals surface area (Å²) in [5, 5.41) is 6.81. The molecule has 0 amide bonds. The standard InChI is InChI=1S/C8H17NS/c1-7-5-6-8(2,3)10(7,4)9/h5-7H,9H2,1-4H3. The Bertz CT molecular complexity index is 170. The molecule has 0 aromatic rings. The van der Waals surface area contributed by atoms with Crippen LogP contribution in [0.2, 0.25) is 0 Å². The number of hydrogen-bond acceptors (Lipinski definition) is 1. The first-order valence-corrected chi connectivity index (χ1v) is 5.78. The highest BCUT2D eigenvalue weighted by Gasteiger charge is 2.38. The Labute approximate surface area is 65.1 Å². The summed E-state index contributed by atoms with van der Waals surface area (Å²) < 4.78 is 0.242. The van der Waals surface area contributed by atoms with Crippen molar-refractivity contribution in [2.75, 3.05) is 6.26 Å². The quantitative estimate of drug-likeness (QED) is 0.538. The van der Waals surface area contributed by atoms with E-state index in [0.717, 1.165) is 0 Å². The largest absolute Gasteiger partial charge is 0.293 e. The summed E-state index contributed by atoms with van der Waals surface area (Å²) in [4.78, 5) is 0. The van der Waals surface area contributed by atoms with Gasteiger partial charge in [-0.2, -0.15) is 10.2 Å². The third-order valence-corrected chi connectivity index (χ3v) is 6.78. The molecule has 0 bridgehead atoms. The average molecular weight is 159 g/mol. The van der Waals surface area contributed by atoms with Gasteiger partial charge in [0.1, 0.15) is 0 Å². The van der Waals surface area contributed by atoms with Gasteiger partial charge in [-0.3, -0.25) is 5.14 Å². The van der Waals surface area contributed by atoms with Crippen LogP contribution in [0, 0.1) is 0 Å². The van der Waals surface area contributed by atoms with Crippen LogP contribution in [0.5, 0.6) is 0 Å². The van der Waals surface area contributed by atoms with Gasteiger partial charge in [0.15, 0.2) is 0 Å². The first kappa shape index (κ1) is 8.15. The van der Waals surface area contributed by atoms with Crippen LogP contribution in [-0.4, -0.2) is 16.3 Å². The van der Waals surface area contributed by atoms with Gasteiger partial charge in [-0.25, -0.2) is 0 Å². The van der Waals surface area contributed by atoms with E-state index in [9.17, 15) is 0 Å². The van der Waals surface area contributed by atoms with Crippen molar-refractivity contribution in [1.82, 2.24) is 0 Å². The van der Waals surface area contributed by atoms with Crippen LogP contribution >= 0.6 is 10.2 Å². The van der Waals surface area contributed by atoms with Gasteiger partial charge < -0.3 is 0 Å². The third-order valence-electron chi connectivity index (χ3n) is 2.67. The highest BCUT2D eigenvalue weighted by molar-refractivity contribution is 8.33. The molecule has 0 aromatic carbocycles. The van der Waals surface area contributed by atoms with Crippen LogP contribution in [0.1, 0.15) is 20.8 Å². The Morgan fingerprint density at radius 2 is 2.00 bits per heavy atom. The van der Waals surface area contributed by atoms with Crippen LogP contribution in [0.4, 0.5) is 0 Å². The summed E-state index contributed by atoms with van der Waals surface area (Å²) in [5.74, 6) is 0. The third kappa shape index (κ3) is 0.903. The highest BCUT2D eigenvalue weighted by atomic mass is 32.3. The van der Waals surface area contributed by atoms with E-state index in [1.807, 2.05) is 0 Å². The molecule has 0 aliphatic carbocycles. The molecule has 0 saturated heterocycles. The van der Waals surface area contributed by atoms with Crippen molar-refractivity contribution in [1.29, 1.82) is 0 Å². The molecule has 60 valence electrons. The Kier molecular flexibility index (Phi) is 1.64. The van der Waals surface area contributed by atoms with Crippen LogP contribution in [0.25, 0.3) is 0 Å². The number of rotatable bonds is 0. The van der Waals surface area contributed by atoms with E-state index in [-0.39, 0.29) is 4.75 Å². The fraction of sp³-hybridized carbons (Fsp3) is 0.750. The molecular weight excluding hydrogens is 142 g/mol. The first-order chi connectivity index (χ1) is 4.38. The van der Waals surface area contributed by atoms with Crippen molar-refractivity contribution in [3.8, 4) is 0 Å². The van der Waals surface area contributed by atoms with Gasteiger partial charge in [-0.05, 0) is 20.1 Å². The fourth-order valence-corrected chi connectivity index (χ4v) is 2.89. The van der Waals surface area contributed by atoms with E-state index in [1.165, 1.54) is 0 Å². The van der Waals surface area contributed by atoms with Crippen molar-refractivity contribution >= 4 is 10.2 Å². The predicted molar refractivity (Wildman–Crippen MR) is 50.4 cm³/mol. The molecule has 1 aliphatic rings. The Morgan fingerprint density at radius 3 is 2.10 bits per heavy atom. The van der Waals surface area contributed by atoms with Gasteiger partial charge in [0, 0.05) is 10.00 Å². The monoisotopic (exact) mass is 159 g/mol. The minimum absolute atomic E-state index is 0.242. The van der Waals surface area contributed by atoms with Crippen molar-refractivity contribution in [3.63, 3.8) is 0 Å². The van der Waals surface area contributed by atoms with E-state index >= 15 is 0 Å². The lowest BCUT2D eigenvalue weighted by atomic mass is 10.2. The van der Waals surface area contributed by atoms with E-state index in [4.69, 9.17) is 5.14 Å². The fourth-order valence-electron chi connectivity index (χ4n) is 1.16. The lowest BCUT2D eigenvalue weighted by molar-refractivity contribution is 0.890. The molecule has 0 spiro atoms. The van der Waals surface area contributed by atoms with Gasteiger partial charge >= 0.3 is 0 Å². The van der Waals surface area contributed by atoms with Crippen LogP contribution in [0.15, 0.2) is 12.2 Å². The summed E-state index contributed by atoms with van der Waals surface area (Å²) in [6, 6.07) is 0. The molecular formula is C8H17NS. The molecule has 0 saturated carbocycles. The van der Waals surface area contributed by atoms with Crippen molar-refractivity contribution in [3.05, 3.63) is 12.2 Å². The average Bonchev–Trinajstić information content (AvgIpc) is 1.94. The van der Waals surface area contributed by atoms with Crippen molar-refractivity contribution in [2.24, 2.45) is 5.14 Å². The molecule has 10 heavy (non-hydrogen) atoms. The summed E-state index contributed by atoms with van der Waals surface area (Å²) in [6.07, 6.45) is 6.71. The molecule has 2 heteroatoms. The van der Waals surface area contributed by atoms with Gasteiger partial charge in [-0.15, -0.1) is 0 Å². The van der Waals surface area contributed by atoms with Gasteiger partial charge in [-0.1, -0.05) is 19.1 Å². The van der Waals surface area contributed by atoms with Gasteiger partial charge in [0.05, 0.1) is 0 Å². The maximum absolute atomic E-state index is 6.22. The molecule has 1 heterocycles. The lowest BCUT2D eigenvalue weighted by Crippen LogP contribution is -2.32. The van der Waals surface area contributed by atoms with Crippen LogP contribution in [0.3, 0.4) is 0 Å². The summed E-state index contributed by atoms with van der Waals surface area (Å²) in [5.41, 5.74) is 0. The second-order valence-electron chi connectivity index (χ2n) is 3.71. The topological polar surface area (TPSA) is 26.0 Å². The van der Waals surface area contributed by atoms with E-state index in [1.54, 1.807) is 0 Å². The number of hydrogen-bond donors (Lipinski definition) is 1. The van der Waals surface area contributed by atoms with Gasteiger partial charge in [0.25, 0.3) is 0 Å². The normalized spacial score (nSPS) is 50.7. The van der Waals surface area contributed by atoms with Crippen LogP contribution in [-0.2, 0) is 0 Å². The van der Waals surface area contributed by atoms with E-state index in [2.05, 4.69) is 39.2 Å². The van der Waals surface area contributed by atoms with Crippen molar-refractivity contribution < 1.29 is 0 Å². The molecule has 2 atom stereocenters. The van der Waals surface area contributed by atoms with E-state index in [0.29, 0.717) is 5.25 Å². The maximum atomic E-state index is 6.22. The molecule has 0 radical (unpaired) electrons. The Morgan fingerprint density at radius 1 is 1.50 bits per heavy atom. The molecule has 1 nitrogen and oxygen atoms in total. The van der Waals surface area contributed by atoms with E-state index < -0.39 is 10.2 Å². The zero-order valence-electron chi connectivity index (χ0n) is 7.22. The molecule has 2 unspecified atom stereocenters. The second kappa shape index (κ2) is 2.02. The predicted octanol–water partition coefficient (Wildman–Crippen LogP) is 2.03. The SMILES string of the molecule is CC1C=CC(C)(C)S1(C)N.